The Kier molecular flexibility index (Phi) is 2.55. The number of tetrazole rings is 1. The van der Waals surface area contributed by atoms with Crippen LogP contribution < -0.4 is 5.73 Å². The molecule has 0 saturated heterocycles. The van der Waals surface area contributed by atoms with Gasteiger partial charge < -0.3 is 5.73 Å². The molecule has 0 aromatic carbocycles. The van der Waals surface area contributed by atoms with E-state index in [0.29, 0.717) is 12.4 Å². The lowest BCUT2D eigenvalue weighted by Crippen LogP contribution is -2.14. The van der Waals surface area contributed by atoms with Gasteiger partial charge in [-0.1, -0.05) is 6.07 Å². The molecule has 6 heteroatoms. The number of thiophene rings is 1. The molecule has 0 aliphatic rings. The summed E-state index contributed by atoms with van der Waals surface area (Å²) >= 11 is 1.66. The van der Waals surface area contributed by atoms with E-state index in [-0.39, 0.29) is 5.92 Å². The number of rotatable bonds is 3. The molecule has 0 radical (unpaired) electrons. The minimum atomic E-state index is 0.0729. The summed E-state index contributed by atoms with van der Waals surface area (Å²) in [5.41, 5.74) is 5.69. The van der Waals surface area contributed by atoms with E-state index in [1.54, 1.807) is 18.4 Å². The maximum absolute atomic E-state index is 5.69. The Bertz CT molecular complexity index is 394. The number of hydrogen-bond acceptors (Lipinski definition) is 5. The van der Waals surface area contributed by atoms with Gasteiger partial charge >= 0.3 is 0 Å². The highest BCUT2D eigenvalue weighted by Gasteiger charge is 2.18. The second-order valence-corrected chi connectivity index (χ2v) is 3.92. The van der Waals surface area contributed by atoms with Gasteiger partial charge in [0, 0.05) is 11.4 Å². The van der Waals surface area contributed by atoms with Crippen LogP contribution in [0.5, 0.6) is 0 Å². The first-order valence-electron chi connectivity index (χ1n) is 4.28. The molecule has 0 bridgehead atoms. The van der Waals surface area contributed by atoms with Crippen LogP contribution in [0.3, 0.4) is 0 Å². The molecule has 2 rings (SSSR count). The molecule has 0 saturated carbocycles. The van der Waals surface area contributed by atoms with Crippen LogP contribution in [0.15, 0.2) is 17.5 Å². The molecule has 5 nitrogen and oxygen atoms in total. The summed E-state index contributed by atoms with van der Waals surface area (Å²) < 4.78 is 0. The predicted molar refractivity (Wildman–Crippen MR) is 54.0 cm³/mol. The highest BCUT2D eigenvalue weighted by atomic mass is 32.1. The topological polar surface area (TPSA) is 69.6 Å². The maximum atomic E-state index is 5.69. The first kappa shape index (κ1) is 9.29. The molecular weight excluding hydrogens is 198 g/mol. The van der Waals surface area contributed by atoms with Crippen LogP contribution >= 0.6 is 11.3 Å². The Morgan fingerprint density at radius 3 is 3.00 bits per heavy atom. The van der Waals surface area contributed by atoms with Gasteiger partial charge in [0.1, 0.15) is 0 Å². The van der Waals surface area contributed by atoms with Crippen molar-refractivity contribution >= 4 is 11.3 Å². The fourth-order valence-corrected chi connectivity index (χ4v) is 2.11. The van der Waals surface area contributed by atoms with Crippen molar-refractivity contribution in [3.63, 3.8) is 0 Å². The molecule has 0 aliphatic carbocycles. The summed E-state index contributed by atoms with van der Waals surface area (Å²) in [6.45, 7) is 0.506. The molecule has 0 fully saturated rings. The zero-order chi connectivity index (χ0) is 9.97. The van der Waals surface area contributed by atoms with Crippen LogP contribution in [0.1, 0.15) is 16.6 Å². The zero-order valence-corrected chi connectivity index (χ0v) is 8.61. The van der Waals surface area contributed by atoms with Crippen LogP contribution in [-0.4, -0.2) is 26.8 Å². The second kappa shape index (κ2) is 3.85. The highest BCUT2D eigenvalue weighted by molar-refractivity contribution is 7.10. The lowest BCUT2D eigenvalue weighted by molar-refractivity contribution is 0.625. The summed E-state index contributed by atoms with van der Waals surface area (Å²) in [5, 5.41) is 14.0. The van der Waals surface area contributed by atoms with Gasteiger partial charge in [0.15, 0.2) is 5.82 Å². The lowest BCUT2D eigenvalue weighted by Gasteiger charge is -2.06. The van der Waals surface area contributed by atoms with E-state index in [4.69, 9.17) is 5.73 Å². The molecule has 14 heavy (non-hydrogen) atoms. The predicted octanol–water partition coefficient (Wildman–Crippen LogP) is 0.362. The summed E-state index contributed by atoms with van der Waals surface area (Å²) in [4.78, 5) is 2.63. The average Bonchev–Trinajstić information content (AvgIpc) is 2.79. The van der Waals surface area contributed by atoms with Crippen molar-refractivity contribution in [1.82, 2.24) is 20.2 Å². The Balaban J connectivity index is 2.31. The number of aromatic nitrogens is 4. The first-order valence-corrected chi connectivity index (χ1v) is 5.16. The minimum absolute atomic E-state index is 0.0729. The third kappa shape index (κ3) is 1.66. The zero-order valence-electron chi connectivity index (χ0n) is 7.79. The second-order valence-electron chi connectivity index (χ2n) is 2.94. The number of nitrogens with zero attached hydrogens (tertiary/aromatic N) is 4. The fourth-order valence-electron chi connectivity index (χ4n) is 1.28. The van der Waals surface area contributed by atoms with Crippen molar-refractivity contribution in [2.45, 2.75) is 5.92 Å². The summed E-state index contributed by atoms with van der Waals surface area (Å²) in [7, 11) is 1.75. The minimum Gasteiger partial charge on any atom is -0.329 e. The van der Waals surface area contributed by atoms with E-state index >= 15 is 0 Å². The molecule has 2 N–H and O–H groups in total. The van der Waals surface area contributed by atoms with Crippen LogP contribution in [0, 0.1) is 0 Å². The van der Waals surface area contributed by atoms with Gasteiger partial charge in [-0.25, -0.2) is 0 Å². The Morgan fingerprint density at radius 1 is 1.64 bits per heavy atom. The normalized spacial score (nSPS) is 13.0. The van der Waals surface area contributed by atoms with Gasteiger partial charge in [-0.3, -0.25) is 0 Å². The van der Waals surface area contributed by atoms with E-state index in [0.717, 1.165) is 0 Å². The monoisotopic (exact) mass is 209 g/mol. The molecular formula is C8H11N5S. The molecule has 2 aromatic rings. The van der Waals surface area contributed by atoms with Crippen molar-refractivity contribution in [2.24, 2.45) is 12.8 Å². The first-order chi connectivity index (χ1) is 6.81. The van der Waals surface area contributed by atoms with Gasteiger partial charge in [-0.05, 0) is 16.7 Å². The third-order valence-electron chi connectivity index (χ3n) is 1.96. The van der Waals surface area contributed by atoms with Crippen LogP contribution in [0.25, 0.3) is 0 Å². The molecule has 0 spiro atoms. The van der Waals surface area contributed by atoms with Crippen molar-refractivity contribution < 1.29 is 0 Å². The number of nitrogens with two attached hydrogens (primary N) is 1. The molecule has 1 unspecified atom stereocenters. The Morgan fingerprint density at radius 2 is 2.50 bits per heavy atom. The van der Waals surface area contributed by atoms with E-state index in [2.05, 4.69) is 15.4 Å². The molecule has 74 valence electrons. The Labute approximate surface area is 85.5 Å². The average molecular weight is 209 g/mol. The van der Waals surface area contributed by atoms with E-state index < -0.39 is 0 Å². The van der Waals surface area contributed by atoms with Gasteiger partial charge in [0.25, 0.3) is 0 Å². The number of hydrogen-bond donors (Lipinski definition) is 1. The standard InChI is InChI=1S/C8H11N5S/c1-13-11-8(10-12-13)6(5-9)7-3-2-4-14-7/h2-4,6H,5,9H2,1H3. The van der Waals surface area contributed by atoms with Crippen LogP contribution in [-0.2, 0) is 7.05 Å². The van der Waals surface area contributed by atoms with Crippen molar-refractivity contribution in [1.29, 1.82) is 0 Å². The van der Waals surface area contributed by atoms with E-state index in [1.807, 2.05) is 17.5 Å². The Hall–Kier alpha value is -1.27. The van der Waals surface area contributed by atoms with E-state index in [9.17, 15) is 0 Å². The SMILES string of the molecule is Cn1nnc(C(CN)c2cccs2)n1. The van der Waals surface area contributed by atoms with Crippen LogP contribution in [0.4, 0.5) is 0 Å². The third-order valence-corrected chi connectivity index (χ3v) is 2.94. The van der Waals surface area contributed by atoms with Crippen molar-refractivity contribution in [2.75, 3.05) is 6.54 Å². The maximum Gasteiger partial charge on any atom is 0.184 e. The van der Waals surface area contributed by atoms with Crippen LogP contribution in [0.2, 0.25) is 0 Å². The molecule has 0 aliphatic heterocycles. The summed E-state index contributed by atoms with van der Waals surface area (Å²) in [5.74, 6) is 0.765. The highest BCUT2D eigenvalue weighted by Crippen LogP contribution is 2.24. The van der Waals surface area contributed by atoms with Gasteiger partial charge in [0.2, 0.25) is 0 Å². The number of aryl methyl sites for hydroxylation is 1. The lowest BCUT2D eigenvalue weighted by atomic mass is 10.1. The molecule has 2 aromatic heterocycles. The van der Waals surface area contributed by atoms with Gasteiger partial charge in [0.05, 0.1) is 13.0 Å². The van der Waals surface area contributed by atoms with E-state index in [1.165, 1.54) is 9.67 Å². The largest absolute Gasteiger partial charge is 0.329 e. The summed E-state index contributed by atoms with van der Waals surface area (Å²) in [6, 6.07) is 4.04. The molecule has 2 heterocycles. The summed E-state index contributed by atoms with van der Waals surface area (Å²) in [6.07, 6.45) is 0. The smallest absolute Gasteiger partial charge is 0.184 e. The quantitative estimate of drug-likeness (QED) is 0.792. The van der Waals surface area contributed by atoms with Crippen molar-refractivity contribution in [3.8, 4) is 0 Å². The fraction of sp³-hybridized carbons (Fsp3) is 0.375. The van der Waals surface area contributed by atoms with Crippen molar-refractivity contribution in [3.05, 3.63) is 28.2 Å². The molecule has 1 atom stereocenters. The molecule has 0 amide bonds. The van der Waals surface area contributed by atoms with Gasteiger partial charge in [-0.15, -0.1) is 21.5 Å². The van der Waals surface area contributed by atoms with Gasteiger partial charge in [-0.2, -0.15) is 4.80 Å².